The molecule has 0 heterocycles. The Balaban J connectivity index is 1.60. The molecule has 0 aromatic heterocycles. The number of hydrogen-bond acceptors (Lipinski definition) is 3. The van der Waals surface area contributed by atoms with E-state index in [1.807, 2.05) is 67.6 Å². The minimum absolute atomic E-state index is 0.129. The summed E-state index contributed by atoms with van der Waals surface area (Å²) in [5.74, 6) is -0.872. The van der Waals surface area contributed by atoms with Crippen LogP contribution in [0, 0.1) is 5.41 Å². The maximum Gasteiger partial charge on any atom is 0.252 e. The fourth-order valence-electron chi connectivity index (χ4n) is 3.99. The monoisotopic (exact) mass is 450 g/mol. The van der Waals surface area contributed by atoms with Crippen molar-refractivity contribution in [1.29, 1.82) is 5.41 Å². The highest BCUT2D eigenvalue weighted by atomic mass is 16.2. The molecule has 170 valence electrons. The fraction of sp³-hybridized carbons (Fsp3) is 0.107. The molecule has 0 radical (unpaired) electrons. The third kappa shape index (κ3) is 4.96. The Morgan fingerprint density at radius 2 is 1.44 bits per heavy atom. The number of carbonyl (C=O) groups is 2. The van der Waals surface area contributed by atoms with Crippen molar-refractivity contribution in [2.24, 2.45) is 5.73 Å². The topological polar surface area (TPSA) is 108 Å². The summed E-state index contributed by atoms with van der Waals surface area (Å²) < 4.78 is 0. The van der Waals surface area contributed by atoms with Crippen LogP contribution in [0.4, 0.5) is 0 Å². The van der Waals surface area contributed by atoms with E-state index >= 15 is 0 Å². The Morgan fingerprint density at radius 3 is 2.21 bits per heavy atom. The van der Waals surface area contributed by atoms with Crippen LogP contribution in [0.3, 0.4) is 0 Å². The maximum atomic E-state index is 13.4. The minimum Gasteiger partial charge on any atom is -0.384 e. The van der Waals surface area contributed by atoms with E-state index in [2.05, 4.69) is 10.6 Å². The zero-order valence-corrected chi connectivity index (χ0v) is 18.8. The Hall–Kier alpha value is -4.45. The summed E-state index contributed by atoms with van der Waals surface area (Å²) in [5, 5.41) is 15.7. The average Bonchev–Trinajstić information content (AvgIpc) is 2.87. The van der Waals surface area contributed by atoms with Gasteiger partial charge in [0.1, 0.15) is 11.9 Å². The number of fused-ring (bicyclic) bond motifs is 1. The van der Waals surface area contributed by atoms with E-state index < -0.39 is 11.9 Å². The molecule has 0 spiro atoms. The Bertz CT molecular complexity index is 1350. The molecule has 2 amide bonds. The third-order valence-electron chi connectivity index (χ3n) is 5.75. The molecule has 0 unspecified atom stereocenters. The number of nitrogen functional groups attached to an aromatic ring is 1. The van der Waals surface area contributed by atoms with Gasteiger partial charge in [-0.05, 0) is 41.0 Å². The van der Waals surface area contributed by atoms with Crippen molar-refractivity contribution < 1.29 is 9.59 Å². The number of carbonyl (C=O) groups excluding carboxylic acids is 2. The van der Waals surface area contributed by atoms with E-state index in [1.54, 1.807) is 30.3 Å². The summed E-state index contributed by atoms with van der Waals surface area (Å²) in [5.41, 5.74) is 7.99. The first-order valence-corrected chi connectivity index (χ1v) is 11.0. The van der Waals surface area contributed by atoms with Gasteiger partial charge in [-0.1, -0.05) is 84.9 Å². The number of rotatable bonds is 7. The lowest BCUT2D eigenvalue weighted by molar-refractivity contribution is -0.123. The summed E-state index contributed by atoms with van der Waals surface area (Å²) in [6.45, 7) is 1.93. The number of amides is 2. The molecule has 34 heavy (non-hydrogen) atoms. The van der Waals surface area contributed by atoms with Gasteiger partial charge in [0.05, 0.1) is 6.04 Å². The summed E-state index contributed by atoms with van der Waals surface area (Å²) in [7, 11) is 0. The Kier molecular flexibility index (Phi) is 6.69. The molecule has 2 atom stereocenters. The van der Waals surface area contributed by atoms with Crippen molar-refractivity contribution >= 4 is 28.4 Å². The number of benzene rings is 4. The molecule has 0 aliphatic carbocycles. The smallest absolute Gasteiger partial charge is 0.252 e. The molecule has 5 N–H and O–H groups in total. The van der Waals surface area contributed by atoms with Crippen LogP contribution in [0.1, 0.15) is 46.1 Å². The molecule has 0 fully saturated rings. The SMILES string of the molecule is C[C@@H](NC(=O)[C@H](NC(=O)c1cccc(C(=N)N)c1)c1ccccc1)c1cccc2ccccc12. The van der Waals surface area contributed by atoms with Crippen LogP contribution in [-0.2, 0) is 4.79 Å². The average molecular weight is 451 g/mol. The summed E-state index contributed by atoms with van der Waals surface area (Å²) >= 11 is 0. The van der Waals surface area contributed by atoms with Crippen molar-refractivity contribution in [3.8, 4) is 0 Å². The van der Waals surface area contributed by atoms with E-state index in [-0.39, 0.29) is 17.8 Å². The summed E-state index contributed by atoms with van der Waals surface area (Å²) in [4.78, 5) is 26.5. The van der Waals surface area contributed by atoms with E-state index in [9.17, 15) is 9.59 Å². The molecule has 4 rings (SSSR count). The second-order valence-corrected chi connectivity index (χ2v) is 8.11. The van der Waals surface area contributed by atoms with E-state index in [4.69, 9.17) is 11.1 Å². The van der Waals surface area contributed by atoms with Crippen molar-refractivity contribution in [3.63, 3.8) is 0 Å². The predicted molar refractivity (Wildman–Crippen MR) is 135 cm³/mol. The van der Waals surface area contributed by atoms with Crippen LogP contribution in [0.2, 0.25) is 0 Å². The molecule has 0 bridgehead atoms. The largest absolute Gasteiger partial charge is 0.384 e. The minimum atomic E-state index is -0.896. The van der Waals surface area contributed by atoms with E-state index in [1.165, 1.54) is 6.07 Å². The van der Waals surface area contributed by atoms with Gasteiger partial charge in [-0.15, -0.1) is 0 Å². The van der Waals surface area contributed by atoms with Crippen LogP contribution in [-0.4, -0.2) is 17.6 Å². The number of nitrogens with one attached hydrogen (secondary N) is 3. The molecule has 0 saturated heterocycles. The highest BCUT2D eigenvalue weighted by Crippen LogP contribution is 2.25. The number of amidine groups is 1. The van der Waals surface area contributed by atoms with Gasteiger partial charge in [-0.25, -0.2) is 0 Å². The lowest BCUT2D eigenvalue weighted by atomic mass is 9.98. The predicted octanol–water partition coefficient (Wildman–Crippen LogP) is 4.47. The van der Waals surface area contributed by atoms with Gasteiger partial charge in [0.25, 0.3) is 5.91 Å². The molecule has 6 nitrogen and oxygen atoms in total. The first-order valence-electron chi connectivity index (χ1n) is 11.0. The highest BCUT2D eigenvalue weighted by Gasteiger charge is 2.25. The van der Waals surface area contributed by atoms with E-state index in [0.717, 1.165) is 16.3 Å². The summed E-state index contributed by atoms with van der Waals surface area (Å²) in [6.07, 6.45) is 0. The van der Waals surface area contributed by atoms with Gasteiger partial charge < -0.3 is 16.4 Å². The van der Waals surface area contributed by atoms with Crippen LogP contribution in [0.15, 0.2) is 97.1 Å². The molecular weight excluding hydrogens is 424 g/mol. The molecule has 0 aliphatic rings. The summed E-state index contributed by atoms with van der Waals surface area (Å²) in [6, 6.07) is 28.5. The molecule has 4 aromatic carbocycles. The van der Waals surface area contributed by atoms with Gasteiger partial charge in [0.2, 0.25) is 5.91 Å². The zero-order chi connectivity index (χ0) is 24.1. The first-order chi connectivity index (χ1) is 16.4. The second-order valence-electron chi connectivity index (χ2n) is 8.11. The Labute approximate surface area is 198 Å². The van der Waals surface area contributed by atoms with Gasteiger partial charge in [-0.3, -0.25) is 15.0 Å². The van der Waals surface area contributed by atoms with Crippen LogP contribution < -0.4 is 16.4 Å². The van der Waals surface area contributed by atoms with Crippen LogP contribution >= 0.6 is 0 Å². The van der Waals surface area contributed by atoms with Crippen LogP contribution in [0.25, 0.3) is 10.8 Å². The van der Waals surface area contributed by atoms with Crippen molar-refractivity contribution in [3.05, 3.63) is 119 Å². The maximum absolute atomic E-state index is 13.4. The highest BCUT2D eigenvalue weighted by molar-refractivity contribution is 6.01. The first kappa shape index (κ1) is 22.7. The molecular formula is C28H26N4O2. The molecule has 0 aliphatic heterocycles. The van der Waals surface area contributed by atoms with Gasteiger partial charge >= 0.3 is 0 Å². The van der Waals surface area contributed by atoms with Gasteiger partial charge in [0, 0.05) is 11.1 Å². The lowest BCUT2D eigenvalue weighted by Gasteiger charge is -2.23. The second kappa shape index (κ2) is 10.0. The lowest BCUT2D eigenvalue weighted by Crippen LogP contribution is -2.41. The fourth-order valence-corrected chi connectivity index (χ4v) is 3.99. The van der Waals surface area contributed by atoms with Crippen molar-refractivity contribution in [2.75, 3.05) is 0 Å². The van der Waals surface area contributed by atoms with Gasteiger partial charge in [0.15, 0.2) is 0 Å². The van der Waals surface area contributed by atoms with Crippen molar-refractivity contribution in [2.45, 2.75) is 19.0 Å². The van der Waals surface area contributed by atoms with Crippen molar-refractivity contribution in [1.82, 2.24) is 10.6 Å². The normalized spacial score (nSPS) is 12.5. The molecule has 4 aromatic rings. The van der Waals surface area contributed by atoms with Crippen LogP contribution in [0.5, 0.6) is 0 Å². The van der Waals surface area contributed by atoms with Gasteiger partial charge in [-0.2, -0.15) is 0 Å². The standard InChI is InChI=1S/C28H26N4O2/c1-18(23-16-8-12-19-9-5-6-15-24(19)23)31-28(34)25(20-10-3-2-4-11-20)32-27(33)22-14-7-13-21(17-22)26(29)30/h2-18,25H,1H3,(H3,29,30)(H,31,34)(H,32,33)/t18-,25-/m1/s1. The number of nitrogens with two attached hydrogens (primary N) is 1. The molecule has 6 heteroatoms. The quantitative estimate of drug-likeness (QED) is 0.246. The number of hydrogen-bond donors (Lipinski definition) is 4. The zero-order valence-electron chi connectivity index (χ0n) is 18.8. The Morgan fingerprint density at radius 1 is 0.794 bits per heavy atom. The van der Waals surface area contributed by atoms with E-state index in [0.29, 0.717) is 16.7 Å². The third-order valence-corrected chi connectivity index (χ3v) is 5.75. The molecule has 0 saturated carbocycles.